The Morgan fingerprint density at radius 3 is 2.82 bits per heavy atom. The third kappa shape index (κ3) is 3.31. The zero-order valence-corrected chi connectivity index (χ0v) is 8.10. The molecule has 1 unspecified atom stereocenters. The summed E-state index contributed by atoms with van der Waals surface area (Å²) in [5, 5.41) is 0. The minimum absolute atomic E-state index is 1.02. The zero-order valence-electron chi connectivity index (χ0n) is 8.10. The van der Waals surface area contributed by atoms with Crippen LogP contribution in [-0.4, -0.2) is 7.28 Å². The summed E-state index contributed by atoms with van der Waals surface area (Å²) in [6.07, 6.45) is 8.97. The first-order valence-electron chi connectivity index (χ1n) is 5.33. The van der Waals surface area contributed by atoms with Gasteiger partial charge in [-0.15, -0.1) is 0 Å². The van der Waals surface area contributed by atoms with Crippen molar-refractivity contribution < 1.29 is 0 Å². The van der Waals surface area contributed by atoms with Crippen LogP contribution in [0.15, 0.2) is 0 Å². The lowest BCUT2D eigenvalue weighted by molar-refractivity contribution is 0.276. The van der Waals surface area contributed by atoms with Gasteiger partial charge in [-0.25, -0.2) is 0 Å². The molecule has 0 spiro atoms. The molecule has 0 N–H and O–H groups in total. The quantitative estimate of drug-likeness (QED) is 0.545. The summed E-state index contributed by atoms with van der Waals surface area (Å²) in [4.78, 5) is 0. The predicted octanol–water partition coefficient (Wildman–Crippen LogP) is 3.11. The van der Waals surface area contributed by atoms with Gasteiger partial charge >= 0.3 is 0 Å². The molecule has 1 saturated carbocycles. The SMILES string of the molecule is CBCC[C@@H]1CCCC(C)C1. The van der Waals surface area contributed by atoms with Crippen LogP contribution < -0.4 is 0 Å². The second kappa shape index (κ2) is 4.85. The molecule has 11 heavy (non-hydrogen) atoms. The number of hydrogen-bond donors (Lipinski definition) is 0. The van der Waals surface area contributed by atoms with Gasteiger partial charge in [-0.2, -0.15) is 0 Å². The molecule has 2 atom stereocenters. The fourth-order valence-electron chi connectivity index (χ4n) is 2.31. The van der Waals surface area contributed by atoms with Gasteiger partial charge in [0.15, 0.2) is 0 Å². The van der Waals surface area contributed by atoms with E-state index in [1.165, 1.54) is 45.7 Å². The summed E-state index contributed by atoms with van der Waals surface area (Å²) in [5.41, 5.74) is 0. The van der Waals surface area contributed by atoms with Crippen LogP contribution in [0, 0.1) is 11.8 Å². The molecular formula is C10H21B. The van der Waals surface area contributed by atoms with Crippen LogP contribution in [0.3, 0.4) is 0 Å². The molecule has 1 aliphatic rings. The van der Waals surface area contributed by atoms with Gasteiger partial charge < -0.3 is 0 Å². The average Bonchev–Trinajstić information content (AvgIpc) is 2.01. The lowest BCUT2D eigenvalue weighted by atomic mass is 9.71. The van der Waals surface area contributed by atoms with E-state index in [1.54, 1.807) is 0 Å². The highest BCUT2D eigenvalue weighted by Gasteiger charge is 2.17. The molecule has 0 aromatic heterocycles. The van der Waals surface area contributed by atoms with Gasteiger partial charge in [0.05, 0.1) is 0 Å². The highest BCUT2D eigenvalue weighted by Crippen LogP contribution is 2.31. The normalized spacial score (nSPS) is 31.8. The van der Waals surface area contributed by atoms with E-state index in [0.29, 0.717) is 0 Å². The van der Waals surface area contributed by atoms with Crippen LogP contribution in [-0.2, 0) is 0 Å². The Morgan fingerprint density at radius 1 is 1.36 bits per heavy atom. The van der Waals surface area contributed by atoms with Crippen LogP contribution in [0.4, 0.5) is 0 Å². The summed E-state index contributed by atoms with van der Waals surface area (Å²) < 4.78 is 0. The van der Waals surface area contributed by atoms with Crippen molar-refractivity contribution >= 4 is 7.28 Å². The second-order valence-corrected chi connectivity index (χ2v) is 4.28. The molecule has 1 aliphatic carbocycles. The Labute approximate surface area is 72.0 Å². The lowest BCUT2D eigenvalue weighted by Crippen LogP contribution is -2.13. The van der Waals surface area contributed by atoms with Crippen molar-refractivity contribution in [3.05, 3.63) is 0 Å². The van der Waals surface area contributed by atoms with Crippen molar-refractivity contribution in [2.45, 2.75) is 52.2 Å². The van der Waals surface area contributed by atoms with Gasteiger partial charge in [0, 0.05) is 0 Å². The van der Waals surface area contributed by atoms with Gasteiger partial charge in [0.25, 0.3) is 0 Å². The van der Waals surface area contributed by atoms with Gasteiger partial charge in [-0.3, -0.25) is 0 Å². The molecule has 1 rings (SSSR count). The molecule has 1 fully saturated rings. The molecule has 64 valence electrons. The van der Waals surface area contributed by atoms with Crippen molar-refractivity contribution in [2.75, 3.05) is 0 Å². The molecule has 0 amide bonds. The largest absolute Gasteiger partial charge is 0.117 e. The molecule has 0 heterocycles. The maximum atomic E-state index is 2.41. The lowest BCUT2D eigenvalue weighted by Gasteiger charge is -2.26. The van der Waals surface area contributed by atoms with E-state index in [4.69, 9.17) is 0 Å². The molecule has 0 aromatic carbocycles. The summed E-state index contributed by atoms with van der Waals surface area (Å²) >= 11 is 0. The van der Waals surface area contributed by atoms with Crippen LogP contribution in [0.5, 0.6) is 0 Å². The van der Waals surface area contributed by atoms with E-state index in [2.05, 4.69) is 13.7 Å². The highest BCUT2D eigenvalue weighted by molar-refractivity contribution is 6.33. The first-order valence-corrected chi connectivity index (χ1v) is 5.33. The van der Waals surface area contributed by atoms with Crippen molar-refractivity contribution in [3.63, 3.8) is 0 Å². The fraction of sp³-hybridized carbons (Fsp3) is 1.00. The third-order valence-corrected chi connectivity index (χ3v) is 3.01. The smallest absolute Gasteiger partial charge is 0.0893 e. The standard InChI is InChI=1S/C10H21B/c1-9-4-3-5-10(8-9)6-7-11-2/h9-11H,3-8H2,1-2H3/t9?,10-/m0/s1. The molecule has 0 bridgehead atoms. The van der Waals surface area contributed by atoms with Gasteiger partial charge in [-0.05, 0) is 18.3 Å². The second-order valence-electron chi connectivity index (χ2n) is 4.28. The fourth-order valence-corrected chi connectivity index (χ4v) is 2.31. The minimum Gasteiger partial charge on any atom is -0.0893 e. The monoisotopic (exact) mass is 152 g/mol. The third-order valence-electron chi connectivity index (χ3n) is 3.01. The van der Waals surface area contributed by atoms with Gasteiger partial charge in [0.2, 0.25) is 0 Å². The van der Waals surface area contributed by atoms with Crippen LogP contribution in [0.2, 0.25) is 13.1 Å². The van der Waals surface area contributed by atoms with Crippen molar-refractivity contribution in [2.24, 2.45) is 11.8 Å². The summed E-state index contributed by atoms with van der Waals surface area (Å²) in [6, 6.07) is 0. The van der Waals surface area contributed by atoms with E-state index in [0.717, 1.165) is 11.8 Å². The Balaban J connectivity index is 2.12. The molecule has 0 radical (unpaired) electrons. The first kappa shape index (κ1) is 9.16. The predicted molar refractivity (Wildman–Crippen MR) is 53.6 cm³/mol. The minimum atomic E-state index is 1.02. The number of hydrogen-bond acceptors (Lipinski definition) is 0. The molecule has 0 nitrogen and oxygen atoms in total. The maximum absolute atomic E-state index is 2.41. The van der Waals surface area contributed by atoms with E-state index in [-0.39, 0.29) is 0 Å². The van der Waals surface area contributed by atoms with E-state index < -0.39 is 0 Å². The van der Waals surface area contributed by atoms with Crippen molar-refractivity contribution in [3.8, 4) is 0 Å². The summed E-state index contributed by atoms with van der Waals surface area (Å²) in [5.74, 6) is 2.10. The Kier molecular flexibility index (Phi) is 4.03. The molecule has 0 aromatic rings. The van der Waals surface area contributed by atoms with Crippen LogP contribution in [0.1, 0.15) is 39.0 Å². The Morgan fingerprint density at radius 2 is 2.18 bits per heavy atom. The molecule has 0 saturated heterocycles. The van der Waals surface area contributed by atoms with Crippen molar-refractivity contribution in [1.82, 2.24) is 0 Å². The van der Waals surface area contributed by atoms with Gasteiger partial charge in [-0.1, -0.05) is 45.8 Å². The highest BCUT2D eigenvalue weighted by atomic mass is 14.2. The maximum Gasteiger partial charge on any atom is 0.117 e. The average molecular weight is 152 g/mol. The Bertz CT molecular complexity index is 101. The Hall–Kier alpha value is 0.0649. The van der Waals surface area contributed by atoms with E-state index in [9.17, 15) is 0 Å². The first-order chi connectivity index (χ1) is 5.33. The number of rotatable bonds is 3. The summed E-state index contributed by atoms with van der Waals surface area (Å²) in [6.45, 7) is 4.71. The molecule has 0 aliphatic heterocycles. The molecule has 1 heteroatoms. The molecular weight excluding hydrogens is 131 g/mol. The van der Waals surface area contributed by atoms with E-state index >= 15 is 0 Å². The van der Waals surface area contributed by atoms with Crippen molar-refractivity contribution in [1.29, 1.82) is 0 Å². The summed E-state index contributed by atoms with van der Waals surface area (Å²) in [7, 11) is 1.38. The topological polar surface area (TPSA) is 0 Å². The van der Waals surface area contributed by atoms with E-state index in [1.807, 2.05) is 0 Å². The van der Waals surface area contributed by atoms with Gasteiger partial charge in [0.1, 0.15) is 7.28 Å². The zero-order chi connectivity index (χ0) is 8.10. The van der Waals surface area contributed by atoms with Crippen LogP contribution in [0.25, 0.3) is 0 Å². The van der Waals surface area contributed by atoms with Crippen LogP contribution >= 0.6 is 0 Å².